The molecule has 0 heterocycles. The number of hydrogen-bond donors (Lipinski definition) is 0. The van der Waals surface area contributed by atoms with Gasteiger partial charge in [0.15, 0.2) is 5.12 Å². The van der Waals surface area contributed by atoms with Crippen molar-refractivity contribution in [2.45, 2.75) is 59.1 Å². The van der Waals surface area contributed by atoms with E-state index >= 15 is 0 Å². The SMILES string of the molecule is CCCCC(SC(=O)C(C)(C)C)C(C)=O. The van der Waals surface area contributed by atoms with E-state index in [2.05, 4.69) is 6.92 Å². The zero-order valence-corrected chi connectivity index (χ0v) is 11.2. The summed E-state index contributed by atoms with van der Waals surface area (Å²) in [5.74, 6) is 0.117. The van der Waals surface area contributed by atoms with Crippen LogP contribution < -0.4 is 0 Å². The molecule has 3 heteroatoms. The molecule has 0 aromatic rings. The zero-order chi connectivity index (χ0) is 12.1. The molecule has 0 amide bonds. The average Bonchev–Trinajstić information content (AvgIpc) is 2.09. The quantitative estimate of drug-likeness (QED) is 0.725. The third-order valence-corrected chi connectivity index (χ3v) is 3.81. The third-order valence-electron chi connectivity index (χ3n) is 2.13. The molecule has 88 valence electrons. The Hall–Kier alpha value is -0.310. The monoisotopic (exact) mass is 230 g/mol. The van der Waals surface area contributed by atoms with Crippen LogP contribution in [0.4, 0.5) is 0 Å². The van der Waals surface area contributed by atoms with Crippen LogP contribution in [0, 0.1) is 5.41 Å². The second kappa shape index (κ2) is 6.31. The van der Waals surface area contributed by atoms with Crippen molar-refractivity contribution >= 4 is 22.7 Å². The Morgan fingerprint density at radius 1 is 1.27 bits per heavy atom. The predicted molar refractivity (Wildman–Crippen MR) is 66.0 cm³/mol. The highest BCUT2D eigenvalue weighted by Gasteiger charge is 2.27. The van der Waals surface area contributed by atoms with Crippen LogP contribution in [0.5, 0.6) is 0 Å². The summed E-state index contributed by atoms with van der Waals surface area (Å²) < 4.78 is 0. The number of unbranched alkanes of at least 4 members (excludes halogenated alkanes) is 1. The minimum Gasteiger partial charge on any atom is -0.299 e. The van der Waals surface area contributed by atoms with Crippen LogP contribution in [0.2, 0.25) is 0 Å². The maximum Gasteiger partial charge on any atom is 0.194 e. The number of carbonyl (C=O) groups excluding carboxylic acids is 2. The molecule has 0 radical (unpaired) electrons. The van der Waals surface area contributed by atoms with Crippen molar-refractivity contribution in [1.29, 1.82) is 0 Å². The molecule has 2 nitrogen and oxygen atoms in total. The van der Waals surface area contributed by atoms with Gasteiger partial charge in [-0.1, -0.05) is 52.3 Å². The lowest BCUT2D eigenvalue weighted by Crippen LogP contribution is -2.23. The van der Waals surface area contributed by atoms with E-state index < -0.39 is 0 Å². The maximum atomic E-state index is 11.8. The molecule has 0 bridgehead atoms. The van der Waals surface area contributed by atoms with E-state index in [4.69, 9.17) is 0 Å². The first-order valence-corrected chi connectivity index (χ1v) is 6.38. The van der Waals surface area contributed by atoms with E-state index in [-0.39, 0.29) is 21.6 Å². The molecule has 0 aliphatic carbocycles. The van der Waals surface area contributed by atoms with Gasteiger partial charge >= 0.3 is 0 Å². The third kappa shape index (κ3) is 5.98. The first-order valence-electron chi connectivity index (χ1n) is 5.50. The summed E-state index contributed by atoms with van der Waals surface area (Å²) in [6.45, 7) is 9.33. The Balaban J connectivity index is 4.29. The second-order valence-electron chi connectivity index (χ2n) is 4.90. The summed E-state index contributed by atoms with van der Waals surface area (Å²) in [4.78, 5) is 23.1. The van der Waals surface area contributed by atoms with Gasteiger partial charge in [0.25, 0.3) is 0 Å². The van der Waals surface area contributed by atoms with Gasteiger partial charge in [-0.05, 0) is 13.3 Å². The van der Waals surface area contributed by atoms with Crippen molar-refractivity contribution in [3.05, 3.63) is 0 Å². The van der Waals surface area contributed by atoms with Gasteiger partial charge in [0.1, 0.15) is 5.78 Å². The van der Waals surface area contributed by atoms with Gasteiger partial charge < -0.3 is 0 Å². The highest BCUT2D eigenvalue weighted by Crippen LogP contribution is 2.28. The molecule has 0 spiro atoms. The fraction of sp³-hybridized carbons (Fsp3) is 0.833. The molecular formula is C12H22O2S. The molecule has 0 aromatic heterocycles. The molecule has 15 heavy (non-hydrogen) atoms. The van der Waals surface area contributed by atoms with Crippen molar-refractivity contribution < 1.29 is 9.59 Å². The summed E-state index contributed by atoms with van der Waals surface area (Å²) >= 11 is 1.21. The number of Topliss-reactive ketones (excluding diaryl/α,β-unsaturated/α-hetero) is 1. The highest BCUT2D eigenvalue weighted by atomic mass is 32.2. The lowest BCUT2D eigenvalue weighted by molar-refractivity contribution is -0.119. The van der Waals surface area contributed by atoms with Crippen LogP contribution in [-0.2, 0) is 9.59 Å². The second-order valence-corrected chi connectivity index (χ2v) is 6.07. The number of ketones is 1. The van der Waals surface area contributed by atoms with Crippen molar-refractivity contribution in [1.82, 2.24) is 0 Å². The lowest BCUT2D eigenvalue weighted by Gasteiger charge is -2.19. The van der Waals surface area contributed by atoms with Gasteiger partial charge in [0.2, 0.25) is 0 Å². The number of rotatable bonds is 5. The Labute approximate surface area is 97.2 Å². The Kier molecular flexibility index (Phi) is 6.18. The molecule has 0 N–H and O–H groups in total. The molecule has 0 rings (SSSR count). The van der Waals surface area contributed by atoms with Gasteiger partial charge in [-0.2, -0.15) is 0 Å². The van der Waals surface area contributed by atoms with E-state index in [0.717, 1.165) is 19.3 Å². The largest absolute Gasteiger partial charge is 0.299 e. The summed E-state index contributed by atoms with van der Waals surface area (Å²) in [6, 6.07) is 0. The van der Waals surface area contributed by atoms with Crippen LogP contribution in [0.15, 0.2) is 0 Å². The van der Waals surface area contributed by atoms with Gasteiger partial charge in [-0.3, -0.25) is 9.59 Å². The van der Waals surface area contributed by atoms with Gasteiger partial charge in [0.05, 0.1) is 5.25 Å². The highest BCUT2D eigenvalue weighted by molar-refractivity contribution is 8.14. The van der Waals surface area contributed by atoms with E-state index in [0.29, 0.717) is 0 Å². The average molecular weight is 230 g/mol. The van der Waals surface area contributed by atoms with Crippen LogP contribution in [-0.4, -0.2) is 16.1 Å². The smallest absolute Gasteiger partial charge is 0.194 e. The summed E-state index contributed by atoms with van der Waals surface area (Å²) in [7, 11) is 0. The molecule has 1 unspecified atom stereocenters. The fourth-order valence-corrected chi connectivity index (χ4v) is 2.10. The molecule has 0 saturated carbocycles. The van der Waals surface area contributed by atoms with Crippen LogP contribution >= 0.6 is 11.8 Å². The molecule has 0 saturated heterocycles. The van der Waals surface area contributed by atoms with Gasteiger partial charge in [-0.25, -0.2) is 0 Å². The van der Waals surface area contributed by atoms with Crippen LogP contribution in [0.3, 0.4) is 0 Å². The molecule has 0 aliphatic rings. The standard InChI is InChI=1S/C12H22O2S/c1-6-7-8-10(9(2)13)15-11(14)12(3,4)5/h10H,6-8H2,1-5H3. The zero-order valence-electron chi connectivity index (χ0n) is 10.4. The maximum absolute atomic E-state index is 11.8. The van der Waals surface area contributed by atoms with E-state index in [1.807, 2.05) is 20.8 Å². The first kappa shape index (κ1) is 14.7. The fourth-order valence-electron chi connectivity index (χ4n) is 1.04. The molecule has 0 fully saturated rings. The van der Waals surface area contributed by atoms with Crippen LogP contribution in [0.25, 0.3) is 0 Å². The predicted octanol–water partition coefficient (Wildman–Crippen LogP) is 3.44. The van der Waals surface area contributed by atoms with Crippen LogP contribution in [0.1, 0.15) is 53.9 Å². The molecular weight excluding hydrogens is 208 g/mol. The van der Waals surface area contributed by atoms with Crippen molar-refractivity contribution in [3.63, 3.8) is 0 Å². The van der Waals surface area contributed by atoms with E-state index in [9.17, 15) is 9.59 Å². The Morgan fingerprint density at radius 3 is 2.13 bits per heavy atom. The topological polar surface area (TPSA) is 34.1 Å². The first-order chi connectivity index (χ1) is 6.79. The molecule has 0 aliphatic heterocycles. The summed E-state index contributed by atoms with van der Waals surface area (Å²) in [5, 5.41) is -0.0320. The number of thioether (sulfide) groups is 1. The lowest BCUT2D eigenvalue weighted by atomic mass is 9.99. The Morgan fingerprint density at radius 2 is 1.80 bits per heavy atom. The number of hydrogen-bond acceptors (Lipinski definition) is 3. The summed E-state index contributed by atoms with van der Waals surface area (Å²) in [5.41, 5.74) is -0.357. The van der Waals surface area contributed by atoms with E-state index in [1.165, 1.54) is 11.8 Å². The van der Waals surface area contributed by atoms with E-state index in [1.54, 1.807) is 6.92 Å². The van der Waals surface area contributed by atoms with Crippen molar-refractivity contribution in [3.8, 4) is 0 Å². The molecule has 0 aromatic carbocycles. The van der Waals surface area contributed by atoms with Crippen molar-refractivity contribution in [2.75, 3.05) is 0 Å². The van der Waals surface area contributed by atoms with Gasteiger partial charge in [-0.15, -0.1) is 0 Å². The minimum absolute atomic E-state index is 0.110. The normalized spacial score (nSPS) is 13.7. The summed E-state index contributed by atoms with van der Waals surface area (Å²) in [6.07, 6.45) is 2.89. The minimum atomic E-state index is -0.357. The Bertz CT molecular complexity index is 228. The van der Waals surface area contributed by atoms with Crippen molar-refractivity contribution in [2.24, 2.45) is 5.41 Å². The molecule has 1 atom stereocenters. The van der Waals surface area contributed by atoms with Gasteiger partial charge in [0, 0.05) is 5.41 Å². The number of carbonyl (C=O) groups is 2.